The lowest BCUT2D eigenvalue weighted by molar-refractivity contribution is -0.117. The van der Waals surface area contributed by atoms with Gasteiger partial charge >= 0.3 is 0 Å². The number of hydrogen-bond acceptors (Lipinski definition) is 4. The molecule has 0 unspecified atom stereocenters. The normalized spacial score (nSPS) is 11.6. The zero-order valence-electron chi connectivity index (χ0n) is 14.9. The number of aliphatic hydroxyl groups excluding tert-OH is 1. The third-order valence-electron chi connectivity index (χ3n) is 4.10. The van der Waals surface area contributed by atoms with Crippen LogP contribution in [-0.4, -0.2) is 34.6 Å². The Morgan fingerprint density at radius 2 is 2.04 bits per heavy atom. The average Bonchev–Trinajstić information content (AvgIpc) is 3.34. The highest BCUT2D eigenvalue weighted by atomic mass is 16.3. The molecule has 7 heteroatoms. The lowest BCUT2D eigenvalue weighted by atomic mass is 10.1. The van der Waals surface area contributed by atoms with Crippen molar-refractivity contribution >= 4 is 28.8 Å². The molecular formula is C20H21N3O4. The first-order valence-electron chi connectivity index (χ1n) is 8.67. The van der Waals surface area contributed by atoms with Crippen LogP contribution in [0.2, 0.25) is 0 Å². The fraction of sp³-hybridized carbons (Fsp3) is 0.200. The van der Waals surface area contributed by atoms with Gasteiger partial charge in [-0.25, -0.2) is 0 Å². The number of nitrogens with one attached hydrogen (secondary N) is 2. The van der Waals surface area contributed by atoms with E-state index in [1.807, 2.05) is 37.4 Å². The van der Waals surface area contributed by atoms with E-state index in [1.165, 1.54) is 12.3 Å². The highest BCUT2D eigenvalue weighted by molar-refractivity contribution is 6.05. The highest BCUT2D eigenvalue weighted by Crippen LogP contribution is 2.23. The Hall–Kier alpha value is -3.32. The van der Waals surface area contributed by atoms with Gasteiger partial charge in [0.2, 0.25) is 0 Å². The van der Waals surface area contributed by atoms with Gasteiger partial charge in [0, 0.05) is 35.8 Å². The summed E-state index contributed by atoms with van der Waals surface area (Å²) in [7, 11) is 0. The standard InChI is InChI=1S/C20H21N3O4/c1-2-23-13-14(15-6-3-4-7-17(15)23)12-16(19(25)21-9-10-24)22-20(26)18-8-5-11-27-18/h3-8,11-13,24H,2,9-10H2,1H3,(H,21,25)(H,22,26)/b16-12-. The van der Waals surface area contributed by atoms with Crippen LogP contribution in [0.15, 0.2) is 59.0 Å². The van der Waals surface area contributed by atoms with Gasteiger partial charge in [-0.1, -0.05) is 18.2 Å². The zero-order valence-corrected chi connectivity index (χ0v) is 14.9. The Morgan fingerprint density at radius 1 is 1.22 bits per heavy atom. The van der Waals surface area contributed by atoms with Crippen LogP contribution in [0.1, 0.15) is 23.0 Å². The second kappa shape index (κ2) is 8.37. The smallest absolute Gasteiger partial charge is 0.291 e. The summed E-state index contributed by atoms with van der Waals surface area (Å²) >= 11 is 0. The van der Waals surface area contributed by atoms with Crippen LogP contribution in [0.3, 0.4) is 0 Å². The third-order valence-corrected chi connectivity index (χ3v) is 4.10. The summed E-state index contributed by atoms with van der Waals surface area (Å²) in [5.74, 6) is -0.909. The predicted molar refractivity (Wildman–Crippen MR) is 102 cm³/mol. The third kappa shape index (κ3) is 4.09. The second-order valence-corrected chi connectivity index (χ2v) is 5.86. The predicted octanol–water partition coefficient (Wildman–Crippen LogP) is 2.13. The topological polar surface area (TPSA) is 96.5 Å². The minimum atomic E-state index is -0.523. The summed E-state index contributed by atoms with van der Waals surface area (Å²) in [4.78, 5) is 24.8. The fourth-order valence-corrected chi connectivity index (χ4v) is 2.82. The van der Waals surface area contributed by atoms with Crippen LogP contribution in [0, 0.1) is 0 Å². The van der Waals surface area contributed by atoms with E-state index in [9.17, 15) is 9.59 Å². The van der Waals surface area contributed by atoms with Crippen molar-refractivity contribution in [3.8, 4) is 0 Å². The molecule has 3 N–H and O–H groups in total. The molecule has 0 spiro atoms. The lowest BCUT2D eigenvalue weighted by Crippen LogP contribution is -2.36. The number of benzene rings is 1. The largest absolute Gasteiger partial charge is 0.459 e. The number of carbonyl (C=O) groups excluding carboxylic acids is 2. The van der Waals surface area contributed by atoms with Crippen LogP contribution in [0.4, 0.5) is 0 Å². The van der Waals surface area contributed by atoms with Crippen molar-refractivity contribution < 1.29 is 19.1 Å². The first kappa shape index (κ1) is 18.5. The van der Waals surface area contributed by atoms with Gasteiger partial charge in [0.25, 0.3) is 11.8 Å². The summed E-state index contributed by atoms with van der Waals surface area (Å²) in [5, 5.41) is 15.1. The van der Waals surface area contributed by atoms with E-state index in [2.05, 4.69) is 15.2 Å². The molecule has 7 nitrogen and oxygen atoms in total. The quantitative estimate of drug-likeness (QED) is 0.558. The first-order valence-corrected chi connectivity index (χ1v) is 8.67. The van der Waals surface area contributed by atoms with Crippen molar-refractivity contribution in [2.75, 3.05) is 13.2 Å². The number of rotatable bonds is 7. The molecule has 140 valence electrons. The Bertz CT molecular complexity index is 970. The van der Waals surface area contributed by atoms with E-state index in [1.54, 1.807) is 12.1 Å². The van der Waals surface area contributed by atoms with E-state index < -0.39 is 11.8 Å². The van der Waals surface area contributed by atoms with Gasteiger partial charge < -0.3 is 24.7 Å². The minimum Gasteiger partial charge on any atom is -0.459 e. The van der Waals surface area contributed by atoms with E-state index in [-0.39, 0.29) is 24.6 Å². The van der Waals surface area contributed by atoms with Gasteiger partial charge in [0.15, 0.2) is 5.76 Å². The number of para-hydroxylation sites is 1. The van der Waals surface area contributed by atoms with Crippen molar-refractivity contribution in [1.82, 2.24) is 15.2 Å². The molecule has 0 fully saturated rings. The molecule has 2 heterocycles. The van der Waals surface area contributed by atoms with Gasteiger partial charge in [-0.3, -0.25) is 9.59 Å². The minimum absolute atomic E-state index is 0.0730. The Balaban J connectivity index is 1.99. The molecular weight excluding hydrogens is 346 g/mol. The van der Waals surface area contributed by atoms with Crippen LogP contribution < -0.4 is 10.6 Å². The van der Waals surface area contributed by atoms with Crippen molar-refractivity contribution in [2.24, 2.45) is 0 Å². The first-order chi connectivity index (χ1) is 13.1. The maximum atomic E-state index is 12.5. The van der Waals surface area contributed by atoms with Crippen molar-refractivity contribution in [3.05, 3.63) is 65.9 Å². The van der Waals surface area contributed by atoms with Gasteiger partial charge in [0.05, 0.1) is 12.9 Å². The Morgan fingerprint density at radius 3 is 2.74 bits per heavy atom. The number of furan rings is 1. The van der Waals surface area contributed by atoms with Gasteiger partial charge in [-0.05, 0) is 31.2 Å². The van der Waals surface area contributed by atoms with E-state index >= 15 is 0 Å². The van der Waals surface area contributed by atoms with Crippen LogP contribution in [0.5, 0.6) is 0 Å². The highest BCUT2D eigenvalue weighted by Gasteiger charge is 2.17. The summed E-state index contributed by atoms with van der Waals surface area (Å²) < 4.78 is 7.15. The molecule has 0 bridgehead atoms. The monoisotopic (exact) mass is 367 g/mol. The Kier molecular flexibility index (Phi) is 5.73. The summed E-state index contributed by atoms with van der Waals surface area (Å²) in [6, 6.07) is 11.0. The molecule has 0 atom stereocenters. The number of aliphatic hydroxyl groups is 1. The molecule has 27 heavy (non-hydrogen) atoms. The lowest BCUT2D eigenvalue weighted by Gasteiger charge is -2.09. The molecule has 0 aliphatic heterocycles. The molecule has 3 rings (SSSR count). The van der Waals surface area contributed by atoms with Gasteiger partial charge in [-0.15, -0.1) is 0 Å². The average molecular weight is 367 g/mol. The SMILES string of the molecule is CCn1cc(/C=C(\NC(=O)c2ccco2)C(=O)NCCO)c2ccccc21. The van der Waals surface area contributed by atoms with Crippen molar-refractivity contribution in [1.29, 1.82) is 0 Å². The number of aryl methyl sites for hydroxylation is 1. The number of nitrogens with zero attached hydrogens (tertiary/aromatic N) is 1. The molecule has 0 aliphatic rings. The summed E-state index contributed by atoms with van der Waals surface area (Å²) in [6.45, 7) is 2.70. The maximum absolute atomic E-state index is 12.5. The molecule has 0 radical (unpaired) electrons. The number of hydrogen-bond donors (Lipinski definition) is 3. The molecule has 0 saturated heterocycles. The maximum Gasteiger partial charge on any atom is 0.291 e. The van der Waals surface area contributed by atoms with Crippen molar-refractivity contribution in [2.45, 2.75) is 13.5 Å². The molecule has 2 aromatic heterocycles. The summed E-state index contributed by atoms with van der Waals surface area (Å²) in [6.07, 6.45) is 4.95. The molecule has 1 aromatic carbocycles. The van der Waals surface area contributed by atoms with Gasteiger partial charge in [-0.2, -0.15) is 0 Å². The van der Waals surface area contributed by atoms with E-state index in [4.69, 9.17) is 9.52 Å². The van der Waals surface area contributed by atoms with E-state index in [0.29, 0.717) is 0 Å². The number of carbonyl (C=O) groups is 2. The molecule has 0 saturated carbocycles. The second-order valence-electron chi connectivity index (χ2n) is 5.86. The molecule has 3 aromatic rings. The van der Waals surface area contributed by atoms with E-state index in [0.717, 1.165) is 23.0 Å². The van der Waals surface area contributed by atoms with Crippen LogP contribution >= 0.6 is 0 Å². The molecule has 2 amide bonds. The van der Waals surface area contributed by atoms with Crippen molar-refractivity contribution in [3.63, 3.8) is 0 Å². The Labute approximate surface area is 156 Å². The number of fused-ring (bicyclic) bond motifs is 1. The number of aromatic nitrogens is 1. The fourth-order valence-electron chi connectivity index (χ4n) is 2.82. The zero-order chi connectivity index (χ0) is 19.2. The van der Waals surface area contributed by atoms with Crippen LogP contribution in [0.25, 0.3) is 17.0 Å². The molecule has 0 aliphatic carbocycles. The van der Waals surface area contributed by atoms with Crippen LogP contribution in [-0.2, 0) is 11.3 Å². The summed E-state index contributed by atoms with van der Waals surface area (Å²) in [5.41, 5.74) is 1.92. The van der Waals surface area contributed by atoms with Gasteiger partial charge in [0.1, 0.15) is 5.70 Å². The number of amides is 2.